The molecule has 3 heteroatoms. The average Bonchev–Trinajstić information content (AvgIpc) is 3.44. The SMILES string of the molecule is CCC1=C(CC)C(C2=CC=CC2)=[C-]C1.[Cl-].[Cl-].[Zr+2]=[C](c1ccccc1)c1ccccc1. The molecule has 2 aromatic rings. The number of rotatable bonds is 5. The van der Waals surface area contributed by atoms with E-state index in [9.17, 15) is 0 Å². The van der Waals surface area contributed by atoms with Gasteiger partial charge in [-0.05, 0) is 6.42 Å². The van der Waals surface area contributed by atoms with Crippen LogP contribution in [0.3, 0.4) is 0 Å². The Hall–Kier alpha value is -1.27. The quantitative estimate of drug-likeness (QED) is 0.522. The summed E-state index contributed by atoms with van der Waals surface area (Å²) >= 11 is 1.46. The van der Waals surface area contributed by atoms with E-state index in [4.69, 9.17) is 0 Å². The van der Waals surface area contributed by atoms with Gasteiger partial charge in [0.2, 0.25) is 0 Å². The van der Waals surface area contributed by atoms with Crippen LogP contribution in [-0.2, 0) is 24.2 Å². The molecule has 0 saturated carbocycles. The van der Waals surface area contributed by atoms with Gasteiger partial charge in [0.1, 0.15) is 0 Å². The molecule has 0 amide bonds. The third-order valence-corrected chi connectivity index (χ3v) is 6.62. The summed E-state index contributed by atoms with van der Waals surface area (Å²) in [5, 5.41) is 0. The first-order valence-corrected chi connectivity index (χ1v) is 11.3. The number of hydrogen-bond acceptors (Lipinski definition) is 0. The fraction of sp³-hybridized carbons (Fsp3) is 0.222. The van der Waals surface area contributed by atoms with Crippen molar-refractivity contribution >= 4 is 3.21 Å². The van der Waals surface area contributed by atoms with Gasteiger partial charge in [0.25, 0.3) is 0 Å². The van der Waals surface area contributed by atoms with E-state index in [2.05, 4.69) is 98.8 Å². The first kappa shape index (κ1) is 26.8. The van der Waals surface area contributed by atoms with Crippen molar-refractivity contribution in [2.75, 3.05) is 0 Å². The monoisotopic (exact) mass is 511 g/mol. The zero-order chi connectivity index (χ0) is 19.8. The summed E-state index contributed by atoms with van der Waals surface area (Å²) in [6.07, 6.45) is 14.6. The molecule has 2 aliphatic rings. The minimum atomic E-state index is 0. The van der Waals surface area contributed by atoms with Crippen molar-refractivity contribution in [1.29, 1.82) is 0 Å². The van der Waals surface area contributed by atoms with Crippen LogP contribution >= 0.6 is 0 Å². The van der Waals surface area contributed by atoms with Crippen molar-refractivity contribution < 1.29 is 49.0 Å². The van der Waals surface area contributed by atoms with Crippen LogP contribution in [0.15, 0.2) is 101 Å². The second-order valence-corrected chi connectivity index (χ2v) is 8.18. The molecule has 30 heavy (non-hydrogen) atoms. The van der Waals surface area contributed by atoms with Crippen LogP contribution in [0.2, 0.25) is 0 Å². The molecule has 0 fully saturated rings. The molecular weight excluding hydrogens is 486 g/mol. The third kappa shape index (κ3) is 6.88. The Morgan fingerprint density at radius 3 is 1.87 bits per heavy atom. The van der Waals surface area contributed by atoms with Gasteiger partial charge < -0.3 is 24.8 Å². The molecule has 0 heterocycles. The molecule has 0 spiro atoms. The molecule has 0 saturated heterocycles. The maximum atomic E-state index is 3.53. The van der Waals surface area contributed by atoms with Gasteiger partial charge in [-0.2, -0.15) is 17.2 Å². The van der Waals surface area contributed by atoms with E-state index in [1.165, 1.54) is 56.1 Å². The first-order valence-electron chi connectivity index (χ1n) is 10.1. The zero-order valence-corrected chi connectivity index (χ0v) is 21.6. The Bertz CT molecular complexity index is 894. The van der Waals surface area contributed by atoms with E-state index in [-0.39, 0.29) is 24.8 Å². The van der Waals surface area contributed by atoms with Gasteiger partial charge in [-0.3, -0.25) is 0 Å². The van der Waals surface area contributed by atoms with E-state index in [0.29, 0.717) is 0 Å². The summed E-state index contributed by atoms with van der Waals surface area (Å²) in [7, 11) is 0. The van der Waals surface area contributed by atoms with Crippen molar-refractivity contribution in [2.24, 2.45) is 0 Å². The topological polar surface area (TPSA) is 0 Å². The van der Waals surface area contributed by atoms with Crippen molar-refractivity contribution in [1.82, 2.24) is 0 Å². The van der Waals surface area contributed by atoms with Gasteiger partial charge in [0.05, 0.1) is 0 Å². The average molecular weight is 514 g/mol. The second kappa shape index (κ2) is 13.9. The number of hydrogen-bond donors (Lipinski definition) is 0. The maximum absolute atomic E-state index is 3.53. The van der Waals surface area contributed by atoms with E-state index in [1.807, 2.05) is 0 Å². The van der Waals surface area contributed by atoms with E-state index >= 15 is 0 Å². The molecular formula is C27H27Cl2Zr-. The summed E-state index contributed by atoms with van der Waals surface area (Å²) in [5.41, 5.74) is 8.69. The normalized spacial score (nSPS) is 14.1. The van der Waals surface area contributed by atoms with E-state index in [1.54, 1.807) is 11.1 Å². The summed E-state index contributed by atoms with van der Waals surface area (Å²) in [6, 6.07) is 21.1. The van der Waals surface area contributed by atoms with Crippen LogP contribution in [-0.4, -0.2) is 3.21 Å². The molecule has 0 unspecified atom stereocenters. The summed E-state index contributed by atoms with van der Waals surface area (Å²) < 4.78 is 1.42. The van der Waals surface area contributed by atoms with Crippen LogP contribution in [0.4, 0.5) is 0 Å². The Kier molecular flexibility index (Phi) is 12.4. The van der Waals surface area contributed by atoms with Crippen LogP contribution in [0.5, 0.6) is 0 Å². The van der Waals surface area contributed by atoms with Crippen molar-refractivity contribution in [3.63, 3.8) is 0 Å². The molecule has 2 aromatic carbocycles. The molecule has 0 atom stereocenters. The molecule has 154 valence electrons. The molecule has 0 bridgehead atoms. The van der Waals surface area contributed by atoms with Crippen molar-refractivity contribution in [3.8, 4) is 0 Å². The van der Waals surface area contributed by atoms with E-state index in [0.717, 1.165) is 19.3 Å². The third-order valence-electron chi connectivity index (χ3n) is 5.20. The zero-order valence-electron chi connectivity index (χ0n) is 17.6. The van der Waals surface area contributed by atoms with Crippen LogP contribution in [0.25, 0.3) is 0 Å². The number of halogens is 2. The fourth-order valence-corrected chi connectivity index (χ4v) is 4.49. The second-order valence-electron chi connectivity index (χ2n) is 6.95. The minimum absolute atomic E-state index is 0. The Balaban J connectivity index is 0.000000281. The standard InChI is InChI=1S/C14H17.C13H10.2ClH.Zr/c1-3-11-9-10-14(13(11)4-2)12-7-5-6-8-12;1-3-7-12(8-4-1)11-13-9-5-2-6-10-13;;;/h5-7H,3-4,8-9H2,1-2H3;1-10H;2*1H;/q-1;;;;+2/p-2. The summed E-state index contributed by atoms with van der Waals surface area (Å²) in [5.74, 6) is 0. The Morgan fingerprint density at radius 2 is 1.43 bits per heavy atom. The fourth-order valence-electron chi connectivity index (χ4n) is 3.67. The molecule has 0 nitrogen and oxygen atoms in total. The van der Waals surface area contributed by atoms with Crippen molar-refractivity contribution in [3.05, 3.63) is 118 Å². The van der Waals surface area contributed by atoms with Crippen LogP contribution in [0, 0.1) is 6.08 Å². The molecule has 0 N–H and O–H groups in total. The molecule has 2 aliphatic carbocycles. The molecule has 0 aliphatic heterocycles. The van der Waals surface area contributed by atoms with Gasteiger partial charge >= 0.3 is 99.2 Å². The first-order chi connectivity index (χ1) is 13.7. The number of benzene rings is 2. The predicted octanol–water partition coefficient (Wildman–Crippen LogP) is 0.933. The molecule has 0 radical (unpaired) electrons. The Morgan fingerprint density at radius 1 is 0.867 bits per heavy atom. The summed E-state index contributed by atoms with van der Waals surface area (Å²) in [6.45, 7) is 4.50. The Labute approximate surface area is 209 Å². The van der Waals surface area contributed by atoms with Gasteiger partial charge in [-0.25, -0.2) is 0 Å². The van der Waals surface area contributed by atoms with Gasteiger partial charge in [0.15, 0.2) is 0 Å². The molecule has 0 aromatic heterocycles. The summed E-state index contributed by atoms with van der Waals surface area (Å²) in [4.78, 5) is 0. The van der Waals surface area contributed by atoms with Crippen LogP contribution in [0.1, 0.15) is 50.7 Å². The number of allylic oxidation sites excluding steroid dienone is 8. The van der Waals surface area contributed by atoms with Gasteiger partial charge in [-0.1, -0.05) is 45.3 Å². The van der Waals surface area contributed by atoms with Crippen LogP contribution < -0.4 is 24.8 Å². The van der Waals surface area contributed by atoms with Crippen molar-refractivity contribution in [2.45, 2.75) is 39.5 Å². The predicted molar refractivity (Wildman–Crippen MR) is 117 cm³/mol. The van der Waals surface area contributed by atoms with E-state index < -0.39 is 0 Å². The van der Waals surface area contributed by atoms with Gasteiger partial charge in [-0.15, -0.1) is 17.2 Å². The van der Waals surface area contributed by atoms with Gasteiger partial charge in [0, 0.05) is 0 Å². The molecule has 4 rings (SSSR count).